The molecule has 0 amide bonds. The molecule has 1 atom stereocenters. The number of rotatable bonds is 4. The fourth-order valence-corrected chi connectivity index (χ4v) is 1.02. The molecule has 6 heteroatoms. The van der Waals surface area contributed by atoms with Crippen LogP contribution in [0.1, 0.15) is 25.3 Å². The van der Waals surface area contributed by atoms with Crippen LogP contribution in [0.4, 0.5) is 0 Å². The first-order chi connectivity index (χ1) is 8.97. The number of carboxylic acids is 2. The fraction of sp³-hybridized carbons (Fsp3) is 0.308. The van der Waals surface area contributed by atoms with Crippen molar-refractivity contribution in [3.63, 3.8) is 0 Å². The Kier molecular flexibility index (Phi) is 8.64. The van der Waals surface area contributed by atoms with Crippen molar-refractivity contribution >= 4 is 18.0 Å². The number of aromatic nitrogens is 1. The average molecular weight is 266 g/mol. The van der Waals surface area contributed by atoms with Gasteiger partial charge in [-0.25, -0.2) is 9.59 Å². The second-order valence-electron chi connectivity index (χ2n) is 3.70. The molecule has 1 rings (SSSR count). The Hall–Kier alpha value is -2.21. The zero-order valence-electron chi connectivity index (χ0n) is 10.7. The minimum Gasteiger partial charge on any atom is -0.473 e. The van der Waals surface area contributed by atoms with E-state index >= 15 is 0 Å². The van der Waals surface area contributed by atoms with Gasteiger partial charge in [0.2, 0.25) is 0 Å². The summed E-state index contributed by atoms with van der Waals surface area (Å²) in [4.78, 5) is 22.1. The molecule has 19 heavy (non-hydrogen) atoms. The molecule has 0 aliphatic heterocycles. The molecule has 1 aromatic rings. The summed E-state index contributed by atoms with van der Waals surface area (Å²) in [6.07, 6.45) is 9.75. The smallest absolute Gasteiger partial charge is 0.414 e. The lowest BCUT2D eigenvalue weighted by Gasteiger charge is -2.02. The Morgan fingerprint density at radius 1 is 1.32 bits per heavy atom. The highest BCUT2D eigenvalue weighted by Crippen LogP contribution is 2.02. The van der Waals surface area contributed by atoms with Crippen LogP contribution in [0.2, 0.25) is 0 Å². The van der Waals surface area contributed by atoms with Gasteiger partial charge in [0.25, 0.3) is 0 Å². The van der Waals surface area contributed by atoms with Crippen molar-refractivity contribution in [2.75, 3.05) is 0 Å². The van der Waals surface area contributed by atoms with E-state index in [0.717, 1.165) is 12.8 Å². The van der Waals surface area contributed by atoms with Crippen LogP contribution >= 0.6 is 0 Å². The quantitative estimate of drug-likeness (QED) is 0.709. The van der Waals surface area contributed by atoms with Gasteiger partial charge in [0.1, 0.15) is 0 Å². The average Bonchev–Trinajstić information content (AvgIpc) is 2.40. The number of aliphatic carboxylic acids is 2. The minimum absolute atomic E-state index is 0.290. The summed E-state index contributed by atoms with van der Waals surface area (Å²) in [5, 5.41) is 14.8. The summed E-state index contributed by atoms with van der Waals surface area (Å²) in [5.74, 6) is -3.65. The van der Waals surface area contributed by atoms with Gasteiger partial charge >= 0.3 is 11.9 Å². The predicted octanol–water partition coefficient (Wildman–Crippen LogP) is 1.38. The first-order valence-corrected chi connectivity index (χ1v) is 5.75. The van der Waals surface area contributed by atoms with Gasteiger partial charge in [-0.3, -0.25) is 4.98 Å². The van der Waals surface area contributed by atoms with E-state index in [9.17, 15) is 0 Å². The molecule has 6 nitrogen and oxygen atoms in total. The Morgan fingerprint density at radius 3 is 2.26 bits per heavy atom. The maximum absolute atomic E-state index is 9.10. The number of nitrogens with zero attached hydrogens (tertiary/aromatic N) is 1. The van der Waals surface area contributed by atoms with Crippen molar-refractivity contribution in [3.05, 3.63) is 36.2 Å². The monoisotopic (exact) mass is 266 g/mol. The van der Waals surface area contributed by atoms with Crippen molar-refractivity contribution in [2.24, 2.45) is 5.73 Å². The molecule has 0 saturated heterocycles. The maximum atomic E-state index is 9.10. The van der Waals surface area contributed by atoms with Crippen molar-refractivity contribution in [1.82, 2.24) is 4.98 Å². The first kappa shape index (κ1) is 16.8. The summed E-state index contributed by atoms with van der Waals surface area (Å²) in [6.45, 7) is 2.10. The predicted molar refractivity (Wildman–Crippen MR) is 71.4 cm³/mol. The molecule has 104 valence electrons. The van der Waals surface area contributed by atoms with Crippen LogP contribution in [-0.2, 0) is 9.59 Å². The topological polar surface area (TPSA) is 114 Å². The molecule has 0 fully saturated rings. The Balaban J connectivity index is 0.000000459. The molecule has 1 unspecified atom stereocenters. The Bertz CT molecular complexity index is 406. The molecule has 0 saturated carbocycles. The largest absolute Gasteiger partial charge is 0.473 e. The van der Waals surface area contributed by atoms with Crippen LogP contribution in [0.25, 0.3) is 6.08 Å². The third-order valence-corrected chi connectivity index (χ3v) is 2.16. The number of carboxylic acid groups (broad SMARTS) is 2. The normalized spacial score (nSPS) is 11.5. The minimum atomic E-state index is -1.82. The summed E-state index contributed by atoms with van der Waals surface area (Å²) in [6, 6.07) is 4.25. The van der Waals surface area contributed by atoms with E-state index in [0.29, 0.717) is 0 Å². The standard InChI is InChI=1S/C11H16N2.C2H2O4/c1-2-11(12)5-3-4-10-6-8-13-9-7-10;3-1(4)2(5)6/h3-4,6-9,11H,2,5,12H2,1H3;(H,3,4)(H,5,6)/b4-3+;. The number of hydrogen-bond donors (Lipinski definition) is 3. The molecule has 4 N–H and O–H groups in total. The second-order valence-corrected chi connectivity index (χ2v) is 3.70. The summed E-state index contributed by atoms with van der Waals surface area (Å²) < 4.78 is 0. The van der Waals surface area contributed by atoms with E-state index in [1.54, 1.807) is 12.4 Å². The number of nitrogens with two attached hydrogens (primary N) is 1. The van der Waals surface area contributed by atoms with E-state index in [2.05, 4.69) is 24.1 Å². The highest BCUT2D eigenvalue weighted by atomic mass is 16.4. The number of pyridine rings is 1. The van der Waals surface area contributed by atoms with Gasteiger partial charge in [-0.1, -0.05) is 19.1 Å². The molecule has 0 spiro atoms. The van der Waals surface area contributed by atoms with E-state index in [1.807, 2.05) is 12.1 Å². The zero-order chi connectivity index (χ0) is 14.7. The Labute approximate surface area is 111 Å². The van der Waals surface area contributed by atoms with Crippen LogP contribution in [0.15, 0.2) is 30.6 Å². The van der Waals surface area contributed by atoms with Crippen molar-refractivity contribution in [1.29, 1.82) is 0 Å². The maximum Gasteiger partial charge on any atom is 0.414 e. The summed E-state index contributed by atoms with van der Waals surface area (Å²) >= 11 is 0. The van der Waals surface area contributed by atoms with Gasteiger partial charge in [0.15, 0.2) is 0 Å². The molecule has 0 radical (unpaired) electrons. The van der Waals surface area contributed by atoms with E-state index < -0.39 is 11.9 Å². The number of hydrogen-bond acceptors (Lipinski definition) is 4. The third kappa shape index (κ3) is 9.49. The van der Waals surface area contributed by atoms with Gasteiger partial charge < -0.3 is 15.9 Å². The van der Waals surface area contributed by atoms with Gasteiger partial charge in [0.05, 0.1) is 0 Å². The van der Waals surface area contributed by atoms with Crippen LogP contribution in [0, 0.1) is 0 Å². The summed E-state index contributed by atoms with van der Waals surface area (Å²) in [5.41, 5.74) is 6.95. The fourth-order valence-electron chi connectivity index (χ4n) is 1.02. The lowest BCUT2D eigenvalue weighted by molar-refractivity contribution is -0.159. The van der Waals surface area contributed by atoms with Gasteiger partial charge in [0, 0.05) is 18.4 Å². The Morgan fingerprint density at radius 2 is 1.84 bits per heavy atom. The lowest BCUT2D eigenvalue weighted by atomic mass is 10.1. The van der Waals surface area contributed by atoms with E-state index in [4.69, 9.17) is 25.5 Å². The highest BCUT2D eigenvalue weighted by Gasteiger charge is 2.04. The molecule has 0 bridgehead atoms. The van der Waals surface area contributed by atoms with E-state index in [-0.39, 0.29) is 6.04 Å². The molecule has 0 aliphatic carbocycles. The van der Waals surface area contributed by atoms with E-state index in [1.165, 1.54) is 5.56 Å². The summed E-state index contributed by atoms with van der Waals surface area (Å²) in [7, 11) is 0. The lowest BCUT2D eigenvalue weighted by Crippen LogP contribution is -2.16. The van der Waals surface area contributed by atoms with Crippen molar-refractivity contribution in [2.45, 2.75) is 25.8 Å². The van der Waals surface area contributed by atoms with Crippen LogP contribution < -0.4 is 5.73 Å². The molecule has 0 aromatic carbocycles. The number of carbonyl (C=O) groups is 2. The van der Waals surface area contributed by atoms with Crippen molar-refractivity contribution in [3.8, 4) is 0 Å². The molecule has 1 aromatic heterocycles. The molecule has 1 heterocycles. The molecular formula is C13H18N2O4. The van der Waals surface area contributed by atoms with Gasteiger partial charge in [-0.2, -0.15) is 0 Å². The molecular weight excluding hydrogens is 248 g/mol. The first-order valence-electron chi connectivity index (χ1n) is 5.75. The van der Waals surface area contributed by atoms with Gasteiger partial charge in [-0.05, 0) is 30.5 Å². The molecule has 0 aliphatic rings. The highest BCUT2D eigenvalue weighted by molar-refractivity contribution is 6.27. The van der Waals surface area contributed by atoms with Crippen LogP contribution in [-0.4, -0.2) is 33.2 Å². The van der Waals surface area contributed by atoms with Crippen LogP contribution in [0.3, 0.4) is 0 Å². The van der Waals surface area contributed by atoms with Crippen LogP contribution in [0.5, 0.6) is 0 Å². The SMILES string of the molecule is CCC(N)C/C=C/c1ccncc1.O=C(O)C(=O)O. The second kappa shape index (κ2) is 9.78. The van der Waals surface area contributed by atoms with Gasteiger partial charge in [-0.15, -0.1) is 0 Å². The third-order valence-electron chi connectivity index (χ3n) is 2.16. The zero-order valence-corrected chi connectivity index (χ0v) is 10.7. The van der Waals surface area contributed by atoms with Crippen molar-refractivity contribution < 1.29 is 19.8 Å².